The number of unbranched alkanes of at least 4 members (excludes halogenated alkanes) is 1. The lowest BCUT2D eigenvalue weighted by molar-refractivity contribution is -0.123. The zero-order valence-corrected chi connectivity index (χ0v) is 9.31. The minimum absolute atomic E-state index is 0.0686. The molecule has 0 aromatic carbocycles. The van der Waals surface area contributed by atoms with Crippen LogP contribution in [-0.4, -0.2) is 24.5 Å². The molecule has 3 heteroatoms. The summed E-state index contributed by atoms with van der Waals surface area (Å²) in [5.41, 5.74) is 0. The highest BCUT2D eigenvalue weighted by molar-refractivity contribution is 5.82. The predicted molar refractivity (Wildman–Crippen MR) is 58.2 cm³/mol. The number of nitrogens with one attached hydrogen (secondary N) is 2. The molecule has 1 fully saturated rings. The molecule has 1 rings (SSSR count). The van der Waals surface area contributed by atoms with Crippen LogP contribution in [0.15, 0.2) is 0 Å². The van der Waals surface area contributed by atoms with E-state index in [9.17, 15) is 4.79 Å². The number of amides is 1. The highest BCUT2D eigenvalue weighted by Gasteiger charge is 2.22. The van der Waals surface area contributed by atoms with Gasteiger partial charge in [0.25, 0.3) is 0 Å². The van der Waals surface area contributed by atoms with Crippen molar-refractivity contribution in [3.05, 3.63) is 0 Å². The Balaban J connectivity index is 2.18. The lowest BCUT2D eigenvalue weighted by Crippen LogP contribution is -2.44. The third kappa shape index (κ3) is 3.66. The van der Waals surface area contributed by atoms with Crippen LogP contribution in [0.1, 0.15) is 46.0 Å². The van der Waals surface area contributed by atoms with E-state index in [1.54, 1.807) is 0 Å². The van der Waals surface area contributed by atoms with Crippen molar-refractivity contribution in [2.24, 2.45) is 0 Å². The van der Waals surface area contributed by atoms with E-state index < -0.39 is 0 Å². The Bertz CT molecular complexity index is 176. The Morgan fingerprint density at radius 1 is 1.64 bits per heavy atom. The molecular formula is C11H22N2O. The van der Waals surface area contributed by atoms with Crippen molar-refractivity contribution in [1.82, 2.24) is 10.6 Å². The molecule has 0 spiro atoms. The van der Waals surface area contributed by atoms with Crippen molar-refractivity contribution in [2.75, 3.05) is 6.54 Å². The zero-order valence-electron chi connectivity index (χ0n) is 9.31. The number of rotatable bonds is 5. The Hall–Kier alpha value is -0.570. The summed E-state index contributed by atoms with van der Waals surface area (Å²) in [7, 11) is 0. The van der Waals surface area contributed by atoms with Gasteiger partial charge in [-0.15, -0.1) is 0 Å². The van der Waals surface area contributed by atoms with Crippen LogP contribution in [0.3, 0.4) is 0 Å². The van der Waals surface area contributed by atoms with Crippen LogP contribution in [-0.2, 0) is 4.79 Å². The lowest BCUT2D eigenvalue weighted by Gasteiger charge is -2.16. The van der Waals surface area contributed by atoms with E-state index in [4.69, 9.17) is 0 Å². The van der Waals surface area contributed by atoms with Crippen LogP contribution >= 0.6 is 0 Å². The molecule has 1 aliphatic heterocycles. The summed E-state index contributed by atoms with van der Waals surface area (Å²) >= 11 is 0. The van der Waals surface area contributed by atoms with E-state index in [1.165, 1.54) is 12.8 Å². The van der Waals surface area contributed by atoms with Gasteiger partial charge in [0.05, 0.1) is 6.04 Å². The molecule has 1 saturated heterocycles. The van der Waals surface area contributed by atoms with Gasteiger partial charge in [0.2, 0.25) is 5.91 Å². The van der Waals surface area contributed by atoms with Crippen molar-refractivity contribution >= 4 is 5.91 Å². The first-order valence-electron chi connectivity index (χ1n) is 5.77. The summed E-state index contributed by atoms with van der Waals surface area (Å²) in [5.74, 6) is 0.186. The smallest absolute Gasteiger partial charge is 0.237 e. The van der Waals surface area contributed by atoms with Crippen LogP contribution in [0, 0.1) is 0 Å². The Morgan fingerprint density at radius 3 is 3.00 bits per heavy atom. The van der Waals surface area contributed by atoms with E-state index in [1.807, 2.05) is 0 Å². The SMILES string of the molecule is CCCCC(C)NC(=O)[C@H]1CCCN1. The van der Waals surface area contributed by atoms with Crippen LogP contribution in [0.5, 0.6) is 0 Å². The summed E-state index contributed by atoms with van der Waals surface area (Å²) in [6, 6.07) is 0.393. The molecule has 14 heavy (non-hydrogen) atoms. The molecule has 2 N–H and O–H groups in total. The van der Waals surface area contributed by atoms with Crippen LogP contribution in [0.4, 0.5) is 0 Å². The number of hydrogen-bond acceptors (Lipinski definition) is 2. The molecule has 0 saturated carbocycles. The van der Waals surface area contributed by atoms with E-state index >= 15 is 0 Å². The van der Waals surface area contributed by atoms with Gasteiger partial charge >= 0.3 is 0 Å². The summed E-state index contributed by atoms with van der Waals surface area (Å²) in [4.78, 5) is 11.6. The number of carbonyl (C=O) groups is 1. The second kappa shape index (κ2) is 6.02. The maximum Gasteiger partial charge on any atom is 0.237 e. The highest BCUT2D eigenvalue weighted by atomic mass is 16.2. The standard InChI is InChI=1S/C11H22N2O/c1-3-4-6-9(2)13-11(14)10-7-5-8-12-10/h9-10,12H,3-8H2,1-2H3,(H,13,14)/t9?,10-/m1/s1. The molecule has 0 aromatic rings. The molecule has 1 heterocycles. The van der Waals surface area contributed by atoms with Gasteiger partial charge in [-0.2, -0.15) is 0 Å². The average Bonchev–Trinajstić information content (AvgIpc) is 2.67. The third-order valence-corrected chi connectivity index (χ3v) is 2.76. The topological polar surface area (TPSA) is 41.1 Å². The van der Waals surface area contributed by atoms with Gasteiger partial charge in [0, 0.05) is 6.04 Å². The first-order chi connectivity index (χ1) is 6.74. The summed E-state index contributed by atoms with van der Waals surface area (Å²) in [6.07, 6.45) is 5.60. The first kappa shape index (κ1) is 11.5. The lowest BCUT2D eigenvalue weighted by atomic mass is 10.1. The summed E-state index contributed by atoms with van der Waals surface area (Å²) < 4.78 is 0. The van der Waals surface area contributed by atoms with E-state index in [0.717, 1.165) is 25.8 Å². The monoisotopic (exact) mass is 198 g/mol. The molecule has 1 aliphatic rings. The molecule has 3 nitrogen and oxygen atoms in total. The van der Waals surface area contributed by atoms with Gasteiger partial charge < -0.3 is 10.6 Å². The van der Waals surface area contributed by atoms with Gasteiger partial charge in [-0.1, -0.05) is 19.8 Å². The van der Waals surface area contributed by atoms with Gasteiger partial charge in [-0.05, 0) is 32.7 Å². The quantitative estimate of drug-likeness (QED) is 0.701. The van der Waals surface area contributed by atoms with Crippen molar-refractivity contribution < 1.29 is 4.79 Å². The van der Waals surface area contributed by atoms with Gasteiger partial charge in [-0.3, -0.25) is 4.79 Å². The molecule has 1 amide bonds. The Kier molecular flexibility index (Phi) is 4.94. The second-order valence-corrected chi connectivity index (χ2v) is 4.20. The first-order valence-corrected chi connectivity index (χ1v) is 5.77. The number of carbonyl (C=O) groups excluding carboxylic acids is 1. The van der Waals surface area contributed by atoms with Crippen LogP contribution in [0.25, 0.3) is 0 Å². The minimum Gasteiger partial charge on any atom is -0.352 e. The van der Waals surface area contributed by atoms with E-state index in [2.05, 4.69) is 24.5 Å². The fourth-order valence-electron chi connectivity index (χ4n) is 1.83. The maximum atomic E-state index is 11.6. The molecule has 0 aliphatic carbocycles. The van der Waals surface area contributed by atoms with E-state index in [0.29, 0.717) is 6.04 Å². The minimum atomic E-state index is 0.0686. The fraction of sp³-hybridized carbons (Fsp3) is 0.909. The average molecular weight is 198 g/mol. The van der Waals surface area contributed by atoms with Crippen LogP contribution < -0.4 is 10.6 Å². The molecule has 1 unspecified atom stereocenters. The highest BCUT2D eigenvalue weighted by Crippen LogP contribution is 2.06. The molecule has 0 bridgehead atoms. The zero-order chi connectivity index (χ0) is 10.4. The third-order valence-electron chi connectivity index (χ3n) is 2.76. The predicted octanol–water partition coefficient (Wildman–Crippen LogP) is 1.43. The largest absolute Gasteiger partial charge is 0.352 e. The molecule has 0 radical (unpaired) electrons. The summed E-state index contributed by atoms with van der Waals surface area (Å²) in [6.45, 7) is 5.25. The van der Waals surface area contributed by atoms with Gasteiger partial charge in [-0.25, -0.2) is 0 Å². The Labute approximate surface area is 86.6 Å². The van der Waals surface area contributed by atoms with E-state index in [-0.39, 0.29) is 11.9 Å². The second-order valence-electron chi connectivity index (χ2n) is 4.20. The fourth-order valence-corrected chi connectivity index (χ4v) is 1.83. The maximum absolute atomic E-state index is 11.6. The molecule has 2 atom stereocenters. The molecule has 0 aromatic heterocycles. The van der Waals surface area contributed by atoms with Crippen molar-refractivity contribution in [1.29, 1.82) is 0 Å². The number of hydrogen-bond donors (Lipinski definition) is 2. The molecule has 82 valence electrons. The van der Waals surface area contributed by atoms with Gasteiger partial charge in [0.1, 0.15) is 0 Å². The van der Waals surface area contributed by atoms with Crippen molar-refractivity contribution in [3.8, 4) is 0 Å². The molecular weight excluding hydrogens is 176 g/mol. The Morgan fingerprint density at radius 2 is 2.43 bits per heavy atom. The normalized spacial score (nSPS) is 23.4. The van der Waals surface area contributed by atoms with Gasteiger partial charge in [0.15, 0.2) is 0 Å². The van der Waals surface area contributed by atoms with Crippen molar-refractivity contribution in [2.45, 2.75) is 58.0 Å². The summed E-state index contributed by atoms with van der Waals surface area (Å²) in [5, 5.41) is 6.26. The van der Waals surface area contributed by atoms with Crippen LogP contribution in [0.2, 0.25) is 0 Å². The van der Waals surface area contributed by atoms with Crippen molar-refractivity contribution in [3.63, 3.8) is 0 Å².